The van der Waals surface area contributed by atoms with Crippen LogP contribution < -0.4 is 10.6 Å². The summed E-state index contributed by atoms with van der Waals surface area (Å²) in [5.74, 6) is 1.87. The molecule has 2 aromatic carbocycles. The minimum Gasteiger partial charge on any atom is -0.467 e. The number of aromatic nitrogens is 2. The Hall–Kier alpha value is -4.11. The van der Waals surface area contributed by atoms with E-state index in [1.807, 2.05) is 66.7 Å². The lowest BCUT2D eigenvalue weighted by Gasteiger charge is -2.12. The highest BCUT2D eigenvalue weighted by atomic mass is 16.3. The summed E-state index contributed by atoms with van der Waals surface area (Å²) < 4.78 is 5.37. The summed E-state index contributed by atoms with van der Waals surface area (Å²) in [5.41, 5.74) is 2.94. The lowest BCUT2D eigenvalue weighted by Crippen LogP contribution is -2.05. The molecule has 0 bridgehead atoms. The quantitative estimate of drug-likeness (QED) is 0.501. The van der Waals surface area contributed by atoms with Crippen molar-refractivity contribution in [1.29, 1.82) is 5.26 Å². The molecule has 0 radical (unpaired) electrons. The van der Waals surface area contributed by atoms with E-state index in [0.29, 0.717) is 29.6 Å². The third kappa shape index (κ3) is 4.00. The van der Waals surface area contributed by atoms with Gasteiger partial charge in [-0.3, -0.25) is 0 Å². The number of para-hydroxylation sites is 1. The molecule has 0 saturated heterocycles. The predicted octanol–water partition coefficient (Wildman–Crippen LogP) is 4.96. The minimum atomic E-state index is 0.408. The Balaban J connectivity index is 1.68. The summed E-state index contributed by atoms with van der Waals surface area (Å²) in [5, 5.41) is 15.7. The largest absolute Gasteiger partial charge is 0.467 e. The zero-order valence-electron chi connectivity index (χ0n) is 15.0. The van der Waals surface area contributed by atoms with Crippen molar-refractivity contribution in [3.63, 3.8) is 0 Å². The summed E-state index contributed by atoms with van der Waals surface area (Å²) in [4.78, 5) is 9.17. The first kappa shape index (κ1) is 17.3. The Kier molecular flexibility index (Phi) is 4.98. The third-order valence-electron chi connectivity index (χ3n) is 4.11. The number of hydrogen-bond donors (Lipinski definition) is 2. The Bertz CT molecular complexity index is 1100. The maximum atomic E-state index is 9.32. The van der Waals surface area contributed by atoms with Gasteiger partial charge in [0.1, 0.15) is 17.6 Å². The van der Waals surface area contributed by atoms with Crippen LogP contribution in [0.25, 0.3) is 11.3 Å². The molecular formula is C22H17N5O. The second-order valence-electron chi connectivity index (χ2n) is 6.04. The number of benzene rings is 2. The molecule has 2 aromatic heterocycles. The number of nitrogens with zero attached hydrogens (tertiary/aromatic N) is 3. The van der Waals surface area contributed by atoms with E-state index in [4.69, 9.17) is 4.42 Å². The molecule has 0 aliphatic heterocycles. The van der Waals surface area contributed by atoms with Crippen molar-refractivity contribution < 1.29 is 4.42 Å². The number of anilines is 3. The van der Waals surface area contributed by atoms with Gasteiger partial charge in [0.25, 0.3) is 0 Å². The maximum Gasteiger partial charge on any atom is 0.229 e. The molecule has 0 aliphatic rings. The van der Waals surface area contributed by atoms with Gasteiger partial charge in [0, 0.05) is 11.6 Å². The summed E-state index contributed by atoms with van der Waals surface area (Å²) in [7, 11) is 0. The van der Waals surface area contributed by atoms with Crippen LogP contribution in [0, 0.1) is 11.3 Å². The van der Waals surface area contributed by atoms with Gasteiger partial charge < -0.3 is 15.1 Å². The van der Waals surface area contributed by atoms with Gasteiger partial charge in [-0.05, 0) is 24.3 Å². The highest BCUT2D eigenvalue weighted by Gasteiger charge is 2.09. The summed E-state index contributed by atoms with van der Waals surface area (Å²) in [6, 6.07) is 24.9. The maximum absolute atomic E-state index is 9.32. The van der Waals surface area contributed by atoms with Gasteiger partial charge in [0.05, 0.1) is 29.8 Å². The van der Waals surface area contributed by atoms with E-state index in [2.05, 4.69) is 26.7 Å². The van der Waals surface area contributed by atoms with Gasteiger partial charge >= 0.3 is 0 Å². The smallest absolute Gasteiger partial charge is 0.229 e. The third-order valence-corrected chi connectivity index (χ3v) is 4.11. The fourth-order valence-corrected chi connectivity index (χ4v) is 2.75. The van der Waals surface area contributed by atoms with Crippen LogP contribution in [0.1, 0.15) is 11.3 Å². The van der Waals surface area contributed by atoms with E-state index < -0.39 is 0 Å². The first-order chi connectivity index (χ1) is 13.8. The van der Waals surface area contributed by atoms with Crippen molar-refractivity contribution in [3.8, 4) is 17.3 Å². The van der Waals surface area contributed by atoms with E-state index in [1.54, 1.807) is 12.3 Å². The number of furan rings is 1. The SMILES string of the molecule is N#Cc1ccccc1Nc1nc(NCc2ccco2)cc(-c2ccccc2)n1. The average Bonchev–Trinajstić information content (AvgIpc) is 3.27. The van der Waals surface area contributed by atoms with Crippen LogP contribution in [0.4, 0.5) is 17.5 Å². The highest BCUT2D eigenvalue weighted by Crippen LogP contribution is 2.24. The number of nitrogens with one attached hydrogen (secondary N) is 2. The fourth-order valence-electron chi connectivity index (χ4n) is 2.75. The average molecular weight is 367 g/mol. The van der Waals surface area contributed by atoms with Crippen molar-refractivity contribution in [3.05, 3.63) is 90.4 Å². The normalized spacial score (nSPS) is 10.2. The van der Waals surface area contributed by atoms with Crippen LogP contribution in [0.15, 0.2) is 83.5 Å². The zero-order valence-corrected chi connectivity index (χ0v) is 15.0. The van der Waals surface area contributed by atoms with E-state index in [1.165, 1.54) is 0 Å². The van der Waals surface area contributed by atoms with Gasteiger partial charge in [0.15, 0.2) is 0 Å². The Morgan fingerprint density at radius 1 is 0.929 bits per heavy atom. The van der Waals surface area contributed by atoms with E-state index in [-0.39, 0.29) is 0 Å². The van der Waals surface area contributed by atoms with Crippen LogP contribution in [0.5, 0.6) is 0 Å². The zero-order chi connectivity index (χ0) is 19.2. The van der Waals surface area contributed by atoms with Gasteiger partial charge in [-0.25, -0.2) is 4.98 Å². The van der Waals surface area contributed by atoms with Crippen LogP contribution in [0.3, 0.4) is 0 Å². The van der Waals surface area contributed by atoms with Crippen molar-refractivity contribution in [2.24, 2.45) is 0 Å². The monoisotopic (exact) mass is 367 g/mol. The molecule has 6 heteroatoms. The second kappa shape index (κ2) is 8.06. The summed E-state index contributed by atoms with van der Waals surface area (Å²) in [6.45, 7) is 0.506. The van der Waals surface area contributed by atoms with Crippen LogP contribution in [-0.4, -0.2) is 9.97 Å². The predicted molar refractivity (Wildman–Crippen MR) is 108 cm³/mol. The molecule has 2 heterocycles. The summed E-state index contributed by atoms with van der Waals surface area (Å²) in [6.07, 6.45) is 1.64. The minimum absolute atomic E-state index is 0.408. The van der Waals surface area contributed by atoms with Crippen molar-refractivity contribution in [2.45, 2.75) is 6.54 Å². The molecule has 136 valence electrons. The van der Waals surface area contributed by atoms with Crippen molar-refractivity contribution in [2.75, 3.05) is 10.6 Å². The van der Waals surface area contributed by atoms with E-state index in [9.17, 15) is 5.26 Å². The Morgan fingerprint density at radius 2 is 1.75 bits per heavy atom. The lowest BCUT2D eigenvalue weighted by atomic mass is 10.1. The van der Waals surface area contributed by atoms with Crippen LogP contribution in [-0.2, 0) is 6.54 Å². The number of rotatable bonds is 6. The molecule has 0 aliphatic carbocycles. The van der Waals surface area contributed by atoms with Gasteiger partial charge in [-0.1, -0.05) is 42.5 Å². The van der Waals surface area contributed by atoms with Crippen molar-refractivity contribution >= 4 is 17.5 Å². The second-order valence-corrected chi connectivity index (χ2v) is 6.04. The number of nitriles is 1. The van der Waals surface area contributed by atoms with Gasteiger partial charge in [0.2, 0.25) is 5.95 Å². The fraction of sp³-hybridized carbons (Fsp3) is 0.0455. The lowest BCUT2D eigenvalue weighted by molar-refractivity contribution is 0.518. The van der Waals surface area contributed by atoms with Crippen LogP contribution in [0.2, 0.25) is 0 Å². The topological polar surface area (TPSA) is 86.8 Å². The molecule has 28 heavy (non-hydrogen) atoms. The molecule has 0 unspecified atom stereocenters. The first-order valence-electron chi connectivity index (χ1n) is 8.79. The van der Waals surface area contributed by atoms with Gasteiger partial charge in [-0.15, -0.1) is 0 Å². The molecular weight excluding hydrogens is 350 g/mol. The van der Waals surface area contributed by atoms with Crippen LogP contribution >= 0.6 is 0 Å². The molecule has 4 aromatic rings. The number of hydrogen-bond acceptors (Lipinski definition) is 6. The van der Waals surface area contributed by atoms with E-state index in [0.717, 1.165) is 17.0 Å². The Labute approximate surface area is 162 Å². The molecule has 0 amide bonds. The molecule has 0 atom stereocenters. The molecule has 0 saturated carbocycles. The molecule has 0 spiro atoms. The first-order valence-corrected chi connectivity index (χ1v) is 8.79. The standard InChI is InChI=1S/C22H17N5O/c23-14-17-9-4-5-11-19(17)25-22-26-20(16-7-2-1-3-8-16)13-21(27-22)24-15-18-10-6-12-28-18/h1-13H,15H2,(H2,24,25,26,27). The highest BCUT2D eigenvalue weighted by molar-refractivity contribution is 5.68. The molecule has 0 fully saturated rings. The molecule has 2 N–H and O–H groups in total. The Morgan fingerprint density at radius 3 is 2.54 bits per heavy atom. The van der Waals surface area contributed by atoms with Gasteiger partial charge in [-0.2, -0.15) is 10.2 Å². The molecule has 4 rings (SSSR count). The summed E-state index contributed by atoms with van der Waals surface area (Å²) >= 11 is 0. The molecule has 6 nitrogen and oxygen atoms in total. The van der Waals surface area contributed by atoms with Crippen molar-refractivity contribution in [1.82, 2.24) is 9.97 Å². The van der Waals surface area contributed by atoms with E-state index >= 15 is 0 Å².